The van der Waals surface area contributed by atoms with E-state index < -0.39 is 0 Å². The maximum Gasteiger partial charge on any atom is 0.264 e. The Morgan fingerprint density at radius 2 is 2.19 bits per heavy atom. The van der Waals surface area contributed by atoms with Gasteiger partial charge in [0.15, 0.2) is 0 Å². The number of fused-ring (bicyclic) bond motifs is 1. The van der Waals surface area contributed by atoms with Gasteiger partial charge in [0, 0.05) is 62.5 Å². The van der Waals surface area contributed by atoms with Gasteiger partial charge in [-0.05, 0) is 19.9 Å². The summed E-state index contributed by atoms with van der Waals surface area (Å²) in [5.41, 5.74) is 2.78. The summed E-state index contributed by atoms with van der Waals surface area (Å²) in [6.07, 6.45) is 3.36. The van der Waals surface area contributed by atoms with E-state index in [2.05, 4.69) is 10.1 Å². The van der Waals surface area contributed by atoms with Gasteiger partial charge in [-0.1, -0.05) is 6.07 Å². The van der Waals surface area contributed by atoms with E-state index in [0.717, 1.165) is 33.6 Å². The lowest BCUT2D eigenvalue weighted by Crippen LogP contribution is -2.41. The Morgan fingerprint density at radius 1 is 1.39 bits per heavy atom. The summed E-state index contributed by atoms with van der Waals surface area (Å²) in [7, 11) is 1.80. The molecule has 0 radical (unpaired) electrons. The molecule has 3 aromatic heterocycles. The molecule has 0 spiro atoms. The highest BCUT2D eigenvalue weighted by Crippen LogP contribution is 2.38. The predicted octanol–water partition coefficient (Wildman–Crippen LogP) is 3.01. The third-order valence-electron chi connectivity index (χ3n) is 5.66. The molecule has 0 unspecified atom stereocenters. The van der Waals surface area contributed by atoms with E-state index >= 15 is 0 Å². The molecule has 1 aliphatic heterocycles. The lowest BCUT2D eigenvalue weighted by molar-refractivity contribution is -0.136. The monoisotopic (exact) mass is 441 g/mol. The molecule has 0 aromatic carbocycles. The number of hydrogen-bond acceptors (Lipinski definition) is 6. The summed E-state index contributed by atoms with van der Waals surface area (Å²) in [6, 6.07) is 3.83. The summed E-state index contributed by atoms with van der Waals surface area (Å²) in [5.74, 6) is -0.0652. The van der Waals surface area contributed by atoms with Crippen LogP contribution in [0.25, 0.3) is 10.2 Å². The number of rotatable bonds is 5. The van der Waals surface area contributed by atoms with E-state index in [1.54, 1.807) is 30.0 Å². The van der Waals surface area contributed by atoms with E-state index in [-0.39, 0.29) is 17.9 Å². The maximum atomic E-state index is 13.5. The van der Waals surface area contributed by atoms with Crippen LogP contribution in [0.4, 0.5) is 0 Å². The zero-order chi connectivity index (χ0) is 22.1. The van der Waals surface area contributed by atoms with E-state index in [4.69, 9.17) is 4.74 Å². The molecule has 0 bridgehead atoms. The quantitative estimate of drug-likeness (QED) is 0.608. The molecule has 8 nitrogen and oxygen atoms in total. The zero-order valence-corrected chi connectivity index (χ0v) is 19.1. The number of nitrogens with zero attached hydrogens (tertiary/aromatic N) is 5. The van der Waals surface area contributed by atoms with Crippen molar-refractivity contribution < 1.29 is 14.3 Å². The first-order valence-electron chi connectivity index (χ1n) is 10.4. The number of thiophene rings is 1. The topological polar surface area (TPSA) is 80.6 Å². The molecule has 1 fully saturated rings. The number of aromatic nitrogens is 3. The number of hydrogen-bond donors (Lipinski definition) is 0. The minimum absolute atomic E-state index is 0.0133. The van der Waals surface area contributed by atoms with Crippen molar-refractivity contribution >= 4 is 33.4 Å². The Labute approximate surface area is 185 Å². The largest absolute Gasteiger partial charge is 0.370 e. The van der Waals surface area contributed by atoms with Crippen molar-refractivity contribution in [1.29, 1.82) is 0 Å². The second-order valence-electron chi connectivity index (χ2n) is 7.78. The SMILES string of the molecule is CCn1cc(CN(C)C(=O)c2sc3ncccc3c2[C@H]2CN(C(C)=O)CCO2)c(C)n1. The maximum absolute atomic E-state index is 13.5. The van der Waals surface area contributed by atoms with Crippen LogP contribution in [0.3, 0.4) is 0 Å². The molecule has 31 heavy (non-hydrogen) atoms. The Morgan fingerprint density at radius 3 is 2.90 bits per heavy atom. The Balaban J connectivity index is 1.68. The lowest BCUT2D eigenvalue weighted by atomic mass is 10.0. The van der Waals surface area contributed by atoms with Crippen LogP contribution in [0, 0.1) is 6.92 Å². The van der Waals surface area contributed by atoms with Crippen LogP contribution in [0.1, 0.15) is 46.4 Å². The summed E-state index contributed by atoms with van der Waals surface area (Å²) < 4.78 is 7.92. The second kappa shape index (κ2) is 8.76. The fourth-order valence-electron chi connectivity index (χ4n) is 3.92. The number of pyridine rings is 1. The van der Waals surface area contributed by atoms with Crippen LogP contribution in [0.2, 0.25) is 0 Å². The predicted molar refractivity (Wildman–Crippen MR) is 119 cm³/mol. The standard InChI is InChI=1S/C22H27N5O3S/c1-5-27-12-16(14(2)24-27)11-25(4)22(29)20-19(17-7-6-8-23-21(17)31-20)18-13-26(15(3)28)9-10-30-18/h6-8,12,18H,5,9-11,13H2,1-4H3/t18-/m1/s1. The van der Waals surface area contributed by atoms with Gasteiger partial charge in [-0.3, -0.25) is 14.3 Å². The van der Waals surface area contributed by atoms with Crippen molar-refractivity contribution in [2.45, 2.75) is 40.0 Å². The zero-order valence-electron chi connectivity index (χ0n) is 18.3. The lowest BCUT2D eigenvalue weighted by Gasteiger charge is -2.33. The van der Waals surface area contributed by atoms with Crippen LogP contribution < -0.4 is 0 Å². The molecule has 4 heterocycles. The van der Waals surface area contributed by atoms with Crippen molar-refractivity contribution in [1.82, 2.24) is 24.6 Å². The average molecular weight is 442 g/mol. The van der Waals surface area contributed by atoms with Crippen molar-refractivity contribution in [2.75, 3.05) is 26.7 Å². The fraction of sp³-hybridized carbons (Fsp3) is 0.455. The van der Waals surface area contributed by atoms with Gasteiger partial charge in [-0.15, -0.1) is 11.3 Å². The average Bonchev–Trinajstić information content (AvgIpc) is 3.33. The fourth-order valence-corrected chi connectivity index (χ4v) is 5.11. The van der Waals surface area contributed by atoms with Crippen LogP contribution >= 0.6 is 11.3 Å². The van der Waals surface area contributed by atoms with Gasteiger partial charge in [0.1, 0.15) is 15.8 Å². The number of morpholine rings is 1. The van der Waals surface area contributed by atoms with Gasteiger partial charge in [0.2, 0.25) is 5.91 Å². The van der Waals surface area contributed by atoms with Crippen molar-refractivity contribution in [3.05, 3.63) is 46.2 Å². The number of ether oxygens (including phenoxy) is 1. The normalized spacial score (nSPS) is 16.6. The smallest absolute Gasteiger partial charge is 0.264 e. The molecule has 164 valence electrons. The summed E-state index contributed by atoms with van der Waals surface area (Å²) >= 11 is 1.38. The van der Waals surface area contributed by atoms with Gasteiger partial charge < -0.3 is 14.5 Å². The first-order valence-corrected chi connectivity index (χ1v) is 11.2. The minimum Gasteiger partial charge on any atom is -0.370 e. The van der Waals surface area contributed by atoms with Gasteiger partial charge in [-0.25, -0.2) is 4.98 Å². The Hall–Kier alpha value is -2.78. The number of carbonyl (C=O) groups excluding carboxylic acids is 2. The molecule has 1 saturated heterocycles. The van der Waals surface area contributed by atoms with Gasteiger partial charge >= 0.3 is 0 Å². The number of aryl methyl sites for hydroxylation is 2. The van der Waals surface area contributed by atoms with Gasteiger partial charge in [0.05, 0.1) is 18.8 Å². The van der Waals surface area contributed by atoms with Crippen LogP contribution in [-0.4, -0.2) is 63.1 Å². The first kappa shape index (κ1) is 21.5. The molecule has 1 aliphatic rings. The van der Waals surface area contributed by atoms with Gasteiger partial charge in [0.25, 0.3) is 5.91 Å². The molecule has 0 saturated carbocycles. The van der Waals surface area contributed by atoms with Crippen LogP contribution in [0.15, 0.2) is 24.5 Å². The summed E-state index contributed by atoms with van der Waals surface area (Å²) in [4.78, 5) is 34.8. The molecular formula is C22H27N5O3S. The third kappa shape index (κ3) is 4.20. The minimum atomic E-state index is -0.354. The molecular weight excluding hydrogens is 414 g/mol. The molecule has 1 atom stereocenters. The van der Waals surface area contributed by atoms with E-state index in [0.29, 0.717) is 31.1 Å². The molecule has 0 N–H and O–H groups in total. The number of amides is 2. The molecule has 4 rings (SSSR count). The van der Waals surface area contributed by atoms with Crippen molar-refractivity contribution in [3.8, 4) is 0 Å². The highest BCUT2D eigenvalue weighted by molar-refractivity contribution is 7.20. The Bertz CT molecular complexity index is 1120. The highest BCUT2D eigenvalue weighted by Gasteiger charge is 2.32. The van der Waals surface area contributed by atoms with Crippen LogP contribution in [0.5, 0.6) is 0 Å². The van der Waals surface area contributed by atoms with Crippen LogP contribution in [-0.2, 0) is 22.6 Å². The van der Waals surface area contributed by atoms with E-state index in [1.165, 1.54) is 11.3 Å². The van der Waals surface area contributed by atoms with E-state index in [9.17, 15) is 9.59 Å². The molecule has 9 heteroatoms. The molecule has 3 aromatic rings. The van der Waals surface area contributed by atoms with E-state index in [1.807, 2.05) is 36.9 Å². The molecule has 2 amide bonds. The second-order valence-corrected chi connectivity index (χ2v) is 8.78. The van der Waals surface area contributed by atoms with Gasteiger partial charge in [-0.2, -0.15) is 5.10 Å². The third-order valence-corrected chi connectivity index (χ3v) is 6.78. The molecule has 0 aliphatic carbocycles. The van der Waals surface area contributed by atoms with Crippen molar-refractivity contribution in [2.24, 2.45) is 0 Å². The first-order chi connectivity index (χ1) is 14.9. The summed E-state index contributed by atoms with van der Waals surface area (Å²) in [5, 5.41) is 5.39. The summed E-state index contributed by atoms with van der Waals surface area (Å²) in [6.45, 7) is 8.26. The van der Waals surface area contributed by atoms with Crippen molar-refractivity contribution in [3.63, 3.8) is 0 Å². The Kier molecular flexibility index (Phi) is 6.06. The highest BCUT2D eigenvalue weighted by atomic mass is 32.1. The number of carbonyl (C=O) groups is 2.